The third-order valence-electron chi connectivity index (χ3n) is 4.99. The molecule has 0 unspecified atom stereocenters. The first kappa shape index (κ1) is 22.9. The molecule has 5 nitrogen and oxygen atoms in total. The van der Waals surface area contributed by atoms with Gasteiger partial charge in [0.15, 0.2) is 11.5 Å². The Labute approximate surface area is 199 Å². The van der Waals surface area contributed by atoms with E-state index >= 15 is 0 Å². The quantitative estimate of drug-likeness (QED) is 0.369. The van der Waals surface area contributed by atoms with Gasteiger partial charge in [0, 0.05) is 16.1 Å². The molecule has 0 bridgehead atoms. The molecule has 1 fully saturated rings. The van der Waals surface area contributed by atoms with E-state index in [1.165, 1.54) is 13.2 Å². The highest BCUT2D eigenvalue weighted by Crippen LogP contribution is 2.35. The maximum atomic E-state index is 14.0. The van der Waals surface area contributed by atoms with Crippen LogP contribution >= 0.6 is 23.4 Å². The van der Waals surface area contributed by atoms with Gasteiger partial charge in [-0.15, -0.1) is 0 Å². The number of thioether (sulfide) groups is 1. The van der Waals surface area contributed by atoms with Crippen LogP contribution in [0, 0.1) is 5.82 Å². The average molecular weight is 484 g/mol. The van der Waals surface area contributed by atoms with Crippen LogP contribution in [0.1, 0.15) is 16.7 Å². The number of amides is 2. The van der Waals surface area contributed by atoms with Crippen molar-refractivity contribution in [1.82, 2.24) is 4.90 Å². The highest BCUT2D eigenvalue weighted by molar-refractivity contribution is 8.18. The van der Waals surface area contributed by atoms with Crippen LogP contribution in [-0.2, 0) is 17.9 Å². The van der Waals surface area contributed by atoms with Crippen molar-refractivity contribution in [2.24, 2.45) is 0 Å². The molecule has 1 heterocycles. The van der Waals surface area contributed by atoms with E-state index in [0.29, 0.717) is 22.1 Å². The van der Waals surface area contributed by atoms with Gasteiger partial charge in [-0.25, -0.2) is 4.39 Å². The van der Waals surface area contributed by atoms with Gasteiger partial charge in [0.2, 0.25) is 0 Å². The van der Waals surface area contributed by atoms with Crippen LogP contribution in [-0.4, -0.2) is 23.2 Å². The van der Waals surface area contributed by atoms with Gasteiger partial charge in [-0.3, -0.25) is 14.5 Å². The molecular formula is C25H19ClFNO4S. The van der Waals surface area contributed by atoms with Crippen molar-refractivity contribution in [2.45, 2.75) is 13.2 Å². The molecular weight excluding hydrogens is 465 g/mol. The number of carbonyl (C=O) groups excluding carboxylic acids is 2. The van der Waals surface area contributed by atoms with E-state index in [0.717, 1.165) is 22.2 Å². The summed E-state index contributed by atoms with van der Waals surface area (Å²) in [5, 5.41) is 0.167. The molecule has 3 aromatic carbocycles. The highest BCUT2D eigenvalue weighted by Gasteiger charge is 2.35. The van der Waals surface area contributed by atoms with Crippen molar-refractivity contribution in [3.8, 4) is 11.5 Å². The van der Waals surface area contributed by atoms with E-state index in [9.17, 15) is 14.0 Å². The Bertz CT molecular complexity index is 1250. The smallest absolute Gasteiger partial charge is 0.293 e. The fourth-order valence-electron chi connectivity index (χ4n) is 3.25. The van der Waals surface area contributed by atoms with Crippen LogP contribution < -0.4 is 9.47 Å². The summed E-state index contributed by atoms with van der Waals surface area (Å²) >= 11 is 6.99. The lowest BCUT2D eigenvalue weighted by Gasteiger charge is -2.13. The Morgan fingerprint density at radius 2 is 1.73 bits per heavy atom. The monoisotopic (exact) mass is 483 g/mol. The fourth-order valence-corrected chi connectivity index (χ4v) is 4.28. The summed E-state index contributed by atoms with van der Waals surface area (Å²) in [4.78, 5) is 26.4. The Hall–Kier alpha value is -3.29. The zero-order valence-electron chi connectivity index (χ0n) is 17.6. The normalized spacial score (nSPS) is 14.8. The van der Waals surface area contributed by atoms with Gasteiger partial charge in [-0.2, -0.15) is 0 Å². The van der Waals surface area contributed by atoms with Crippen molar-refractivity contribution in [3.05, 3.63) is 99.2 Å². The van der Waals surface area contributed by atoms with Gasteiger partial charge in [0.25, 0.3) is 11.1 Å². The number of ether oxygens (including phenoxy) is 2. The molecule has 1 saturated heterocycles. The van der Waals surface area contributed by atoms with Crippen molar-refractivity contribution in [2.75, 3.05) is 7.11 Å². The van der Waals surface area contributed by atoms with Crippen molar-refractivity contribution < 1.29 is 23.5 Å². The topological polar surface area (TPSA) is 55.8 Å². The van der Waals surface area contributed by atoms with E-state index in [1.807, 2.05) is 18.2 Å². The molecule has 0 aromatic heterocycles. The number of nitrogens with zero attached hydrogens (tertiary/aromatic N) is 1. The van der Waals surface area contributed by atoms with Gasteiger partial charge in [-0.1, -0.05) is 54.1 Å². The Kier molecular flexibility index (Phi) is 7.01. The Morgan fingerprint density at radius 1 is 1.00 bits per heavy atom. The molecule has 1 aliphatic heterocycles. The molecule has 3 aromatic rings. The fraction of sp³-hybridized carbons (Fsp3) is 0.120. The van der Waals surface area contributed by atoms with Crippen LogP contribution in [0.15, 0.2) is 71.6 Å². The molecule has 1 aliphatic rings. The Balaban J connectivity index is 1.50. The molecule has 0 N–H and O–H groups in total. The van der Waals surface area contributed by atoms with E-state index in [-0.39, 0.29) is 23.6 Å². The highest BCUT2D eigenvalue weighted by atomic mass is 35.5. The maximum absolute atomic E-state index is 14.0. The number of imide groups is 1. The predicted molar refractivity (Wildman–Crippen MR) is 127 cm³/mol. The molecule has 168 valence electrons. The van der Waals surface area contributed by atoms with Gasteiger partial charge in [0.05, 0.1) is 18.6 Å². The largest absolute Gasteiger partial charge is 0.493 e. The van der Waals surface area contributed by atoms with Crippen molar-refractivity contribution in [1.29, 1.82) is 0 Å². The molecule has 2 amide bonds. The van der Waals surface area contributed by atoms with E-state index in [4.69, 9.17) is 21.1 Å². The molecule has 33 heavy (non-hydrogen) atoms. The zero-order valence-corrected chi connectivity index (χ0v) is 19.2. The molecule has 8 heteroatoms. The van der Waals surface area contributed by atoms with Gasteiger partial charge >= 0.3 is 0 Å². The van der Waals surface area contributed by atoms with Crippen molar-refractivity contribution >= 4 is 40.6 Å². The lowest BCUT2D eigenvalue weighted by Crippen LogP contribution is -2.27. The number of rotatable bonds is 7. The summed E-state index contributed by atoms with van der Waals surface area (Å²) in [6, 6.07) is 18.7. The maximum Gasteiger partial charge on any atom is 0.293 e. The third-order valence-corrected chi connectivity index (χ3v) is 6.26. The number of carbonyl (C=O) groups is 2. The molecule has 0 spiro atoms. The summed E-state index contributed by atoms with van der Waals surface area (Å²) in [6.07, 6.45) is 1.60. The van der Waals surface area contributed by atoms with Crippen LogP contribution in [0.3, 0.4) is 0 Å². The minimum Gasteiger partial charge on any atom is -0.493 e. The second-order valence-electron chi connectivity index (χ2n) is 7.15. The second kappa shape index (κ2) is 10.1. The number of methoxy groups -OCH3 is 1. The number of benzene rings is 3. The average Bonchev–Trinajstić information content (AvgIpc) is 3.07. The van der Waals surface area contributed by atoms with Gasteiger partial charge in [0.1, 0.15) is 12.4 Å². The molecule has 0 saturated carbocycles. The van der Waals surface area contributed by atoms with E-state index < -0.39 is 17.0 Å². The zero-order chi connectivity index (χ0) is 23.4. The third kappa shape index (κ3) is 5.21. The summed E-state index contributed by atoms with van der Waals surface area (Å²) in [5.74, 6) is 0.0625. The lowest BCUT2D eigenvalue weighted by atomic mass is 10.1. The summed E-state index contributed by atoms with van der Waals surface area (Å²) < 4.78 is 25.2. The molecule has 4 rings (SSSR count). The summed E-state index contributed by atoms with van der Waals surface area (Å²) in [5.41, 5.74) is 1.78. The first-order chi connectivity index (χ1) is 16.0. The van der Waals surface area contributed by atoms with Crippen molar-refractivity contribution in [3.63, 3.8) is 0 Å². The van der Waals surface area contributed by atoms with Gasteiger partial charge < -0.3 is 9.47 Å². The molecule has 0 atom stereocenters. The van der Waals surface area contributed by atoms with E-state index in [2.05, 4.69) is 0 Å². The summed E-state index contributed by atoms with van der Waals surface area (Å²) in [7, 11) is 1.52. The lowest BCUT2D eigenvalue weighted by molar-refractivity contribution is -0.123. The number of hydrogen-bond donors (Lipinski definition) is 0. The van der Waals surface area contributed by atoms with Crippen LogP contribution in [0.4, 0.5) is 9.18 Å². The predicted octanol–water partition coefficient (Wildman–Crippen LogP) is 6.30. The van der Waals surface area contributed by atoms with Gasteiger partial charge in [-0.05, 0) is 47.7 Å². The SMILES string of the molecule is COc1cc(/C=C2/SC(=O)N(Cc3ccccc3F)C2=O)ccc1OCc1ccccc1Cl. The minimum atomic E-state index is -0.466. The summed E-state index contributed by atoms with van der Waals surface area (Å²) in [6.45, 7) is 0.150. The number of hydrogen-bond acceptors (Lipinski definition) is 5. The Morgan fingerprint density at radius 3 is 2.45 bits per heavy atom. The van der Waals surface area contributed by atoms with E-state index in [1.54, 1.807) is 48.5 Å². The standard InChI is InChI=1S/C25H19ClFNO4S/c1-31-22-12-16(10-11-21(22)32-15-18-7-2-4-8-19(18)26)13-23-24(29)28(25(30)33-23)14-17-6-3-5-9-20(17)27/h2-13H,14-15H2,1H3/b23-13+. The number of halogens is 2. The minimum absolute atomic E-state index is 0.118. The van der Waals surface area contributed by atoms with Crippen LogP contribution in [0.2, 0.25) is 5.02 Å². The first-order valence-corrected chi connectivity index (χ1v) is 11.2. The van der Waals surface area contributed by atoms with Crippen LogP contribution in [0.25, 0.3) is 6.08 Å². The molecule has 0 aliphatic carbocycles. The van der Waals surface area contributed by atoms with Crippen LogP contribution in [0.5, 0.6) is 11.5 Å². The second-order valence-corrected chi connectivity index (χ2v) is 8.55. The first-order valence-electron chi connectivity index (χ1n) is 9.99. The molecule has 0 radical (unpaired) electrons.